The van der Waals surface area contributed by atoms with Crippen molar-refractivity contribution in [1.29, 1.82) is 0 Å². The Hall–Kier alpha value is -0.580. The largest absolute Gasteiger partial charge is 0.387 e. The summed E-state index contributed by atoms with van der Waals surface area (Å²) in [4.78, 5) is 4.53. The fourth-order valence-electron chi connectivity index (χ4n) is 2.56. The van der Waals surface area contributed by atoms with Gasteiger partial charge in [0, 0.05) is 5.75 Å². The Balaban J connectivity index is 1.87. The van der Waals surface area contributed by atoms with Crippen molar-refractivity contribution in [2.24, 2.45) is 11.7 Å². The molecule has 0 aliphatic heterocycles. The first-order valence-corrected chi connectivity index (χ1v) is 8.26. The monoisotopic (exact) mass is 280 g/mol. The van der Waals surface area contributed by atoms with Crippen molar-refractivity contribution in [2.45, 2.75) is 49.7 Å². The Morgan fingerprint density at radius 1 is 1.32 bits per heavy atom. The Bertz CT molecular complexity index is 380. The minimum atomic E-state index is -0.528. The fraction of sp³-hybridized carbons (Fsp3) is 0.667. The van der Waals surface area contributed by atoms with Gasteiger partial charge in [0.15, 0.2) is 0 Å². The predicted molar refractivity (Wildman–Crippen MR) is 80.2 cm³/mol. The van der Waals surface area contributed by atoms with E-state index in [2.05, 4.69) is 4.98 Å². The summed E-state index contributed by atoms with van der Waals surface area (Å²) in [5, 5.41) is 10.9. The van der Waals surface area contributed by atoms with Gasteiger partial charge >= 0.3 is 0 Å². The number of aliphatic hydroxyl groups excluding tert-OH is 1. The smallest absolute Gasteiger partial charge is 0.0972 e. The molecular formula is C15H24N2OS. The first kappa shape index (κ1) is 14.8. The van der Waals surface area contributed by atoms with Crippen LogP contribution < -0.4 is 5.73 Å². The first-order valence-electron chi connectivity index (χ1n) is 7.27. The molecule has 1 aromatic heterocycles. The lowest BCUT2D eigenvalue weighted by molar-refractivity contribution is 0.165. The number of aromatic nitrogens is 1. The molecule has 3 nitrogen and oxygen atoms in total. The molecule has 1 aliphatic rings. The first-order chi connectivity index (χ1) is 9.29. The summed E-state index contributed by atoms with van der Waals surface area (Å²) >= 11 is 1.82. The van der Waals surface area contributed by atoms with E-state index in [9.17, 15) is 5.11 Å². The van der Waals surface area contributed by atoms with Gasteiger partial charge in [-0.15, -0.1) is 11.8 Å². The standard InChI is InChI=1S/C15H24N2OS/c16-10-9-14(18)13-7-4-8-15(17-13)19-11-12-5-2-1-3-6-12/h4,7-8,12,14,18H,1-3,5-6,9-11,16H2. The zero-order valence-electron chi connectivity index (χ0n) is 11.4. The third-order valence-electron chi connectivity index (χ3n) is 3.72. The molecule has 1 atom stereocenters. The summed E-state index contributed by atoms with van der Waals surface area (Å²) in [6.45, 7) is 0.488. The molecule has 0 bridgehead atoms. The minimum absolute atomic E-state index is 0.488. The number of aliphatic hydroxyl groups is 1. The molecule has 1 fully saturated rings. The summed E-state index contributed by atoms with van der Waals surface area (Å²) in [5.41, 5.74) is 6.22. The molecule has 2 rings (SSSR count). The minimum Gasteiger partial charge on any atom is -0.387 e. The van der Waals surface area contributed by atoms with Gasteiger partial charge in [-0.2, -0.15) is 0 Å². The van der Waals surface area contributed by atoms with Crippen molar-refractivity contribution in [3.8, 4) is 0 Å². The van der Waals surface area contributed by atoms with Gasteiger partial charge in [0.2, 0.25) is 0 Å². The van der Waals surface area contributed by atoms with Gasteiger partial charge in [-0.25, -0.2) is 4.98 Å². The van der Waals surface area contributed by atoms with Crippen LogP contribution in [0.15, 0.2) is 23.2 Å². The SMILES string of the molecule is NCCC(O)c1cccc(SCC2CCCCC2)n1. The maximum Gasteiger partial charge on any atom is 0.0972 e. The zero-order valence-corrected chi connectivity index (χ0v) is 12.2. The highest BCUT2D eigenvalue weighted by Crippen LogP contribution is 2.29. The quantitative estimate of drug-likeness (QED) is 0.786. The fourth-order valence-corrected chi connectivity index (χ4v) is 3.64. The van der Waals surface area contributed by atoms with Gasteiger partial charge in [-0.1, -0.05) is 25.3 Å². The Morgan fingerprint density at radius 3 is 2.84 bits per heavy atom. The van der Waals surface area contributed by atoms with E-state index >= 15 is 0 Å². The molecule has 4 heteroatoms. The number of hydrogen-bond acceptors (Lipinski definition) is 4. The summed E-state index contributed by atoms with van der Waals surface area (Å²) in [6.07, 6.45) is 6.94. The van der Waals surface area contributed by atoms with E-state index in [4.69, 9.17) is 5.73 Å². The number of thioether (sulfide) groups is 1. The molecule has 0 saturated heterocycles. The lowest BCUT2D eigenvalue weighted by Crippen LogP contribution is -2.10. The summed E-state index contributed by atoms with van der Waals surface area (Å²) in [7, 11) is 0. The highest BCUT2D eigenvalue weighted by molar-refractivity contribution is 7.99. The molecule has 0 amide bonds. The summed E-state index contributed by atoms with van der Waals surface area (Å²) in [5.74, 6) is 2.00. The second-order valence-corrected chi connectivity index (χ2v) is 6.35. The Kier molecular flexibility index (Phi) is 6.14. The van der Waals surface area contributed by atoms with E-state index in [1.54, 1.807) is 0 Å². The maximum absolute atomic E-state index is 9.91. The van der Waals surface area contributed by atoms with Crippen molar-refractivity contribution in [1.82, 2.24) is 4.98 Å². The van der Waals surface area contributed by atoms with Crippen molar-refractivity contribution >= 4 is 11.8 Å². The van der Waals surface area contributed by atoms with Crippen LogP contribution in [0.4, 0.5) is 0 Å². The van der Waals surface area contributed by atoms with Crippen molar-refractivity contribution in [2.75, 3.05) is 12.3 Å². The van der Waals surface area contributed by atoms with Crippen LogP contribution in [-0.2, 0) is 0 Å². The Morgan fingerprint density at radius 2 is 2.11 bits per heavy atom. The predicted octanol–water partition coefficient (Wildman–Crippen LogP) is 3.14. The third kappa shape index (κ3) is 4.79. The molecule has 1 heterocycles. The second kappa shape index (κ2) is 7.88. The van der Waals surface area contributed by atoms with Crippen molar-refractivity contribution < 1.29 is 5.11 Å². The number of rotatable bonds is 6. The van der Waals surface area contributed by atoms with Gasteiger partial charge in [0.05, 0.1) is 16.8 Å². The number of hydrogen-bond donors (Lipinski definition) is 2. The van der Waals surface area contributed by atoms with E-state index in [0.29, 0.717) is 13.0 Å². The van der Waals surface area contributed by atoms with E-state index in [0.717, 1.165) is 22.4 Å². The van der Waals surface area contributed by atoms with Crippen LogP contribution >= 0.6 is 11.8 Å². The van der Waals surface area contributed by atoms with Crippen molar-refractivity contribution in [3.63, 3.8) is 0 Å². The lowest BCUT2D eigenvalue weighted by atomic mass is 9.91. The molecule has 1 aromatic rings. The molecule has 0 radical (unpaired) electrons. The average molecular weight is 280 g/mol. The molecule has 1 aliphatic carbocycles. The molecule has 1 unspecified atom stereocenters. The molecular weight excluding hydrogens is 256 g/mol. The van der Waals surface area contributed by atoms with Crippen LogP contribution in [0.2, 0.25) is 0 Å². The van der Waals surface area contributed by atoms with Gasteiger partial charge in [0.1, 0.15) is 0 Å². The van der Waals surface area contributed by atoms with E-state index in [1.807, 2.05) is 30.0 Å². The van der Waals surface area contributed by atoms with E-state index in [-0.39, 0.29) is 0 Å². The van der Waals surface area contributed by atoms with Crippen LogP contribution in [0.5, 0.6) is 0 Å². The molecule has 19 heavy (non-hydrogen) atoms. The molecule has 0 aromatic carbocycles. The highest BCUT2D eigenvalue weighted by atomic mass is 32.2. The normalized spacial score (nSPS) is 18.4. The van der Waals surface area contributed by atoms with Crippen LogP contribution in [0.3, 0.4) is 0 Å². The molecule has 3 N–H and O–H groups in total. The lowest BCUT2D eigenvalue weighted by Gasteiger charge is -2.20. The second-order valence-electron chi connectivity index (χ2n) is 5.31. The van der Waals surface area contributed by atoms with E-state index < -0.39 is 6.10 Å². The van der Waals surface area contributed by atoms with Crippen LogP contribution in [0.1, 0.15) is 50.3 Å². The van der Waals surface area contributed by atoms with Crippen LogP contribution in [0.25, 0.3) is 0 Å². The van der Waals surface area contributed by atoms with Crippen molar-refractivity contribution in [3.05, 3.63) is 23.9 Å². The summed E-state index contributed by atoms with van der Waals surface area (Å²) in [6, 6.07) is 5.89. The summed E-state index contributed by atoms with van der Waals surface area (Å²) < 4.78 is 0. The highest BCUT2D eigenvalue weighted by Gasteiger charge is 2.14. The number of pyridine rings is 1. The van der Waals surface area contributed by atoms with E-state index in [1.165, 1.54) is 32.1 Å². The maximum atomic E-state index is 9.91. The molecule has 106 valence electrons. The zero-order chi connectivity index (χ0) is 13.5. The number of nitrogens with zero attached hydrogens (tertiary/aromatic N) is 1. The van der Waals surface area contributed by atoms with Crippen LogP contribution in [0, 0.1) is 5.92 Å². The number of nitrogens with two attached hydrogens (primary N) is 1. The van der Waals surface area contributed by atoms with Gasteiger partial charge < -0.3 is 10.8 Å². The third-order valence-corrected chi connectivity index (χ3v) is 4.88. The molecule has 1 saturated carbocycles. The van der Waals surface area contributed by atoms with Gasteiger partial charge in [0.25, 0.3) is 0 Å². The van der Waals surface area contributed by atoms with Gasteiger partial charge in [-0.05, 0) is 43.9 Å². The topological polar surface area (TPSA) is 59.1 Å². The van der Waals surface area contributed by atoms with Crippen LogP contribution in [-0.4, -0.2) is 22.4 Å². The Labute approximate surface area is 120 Å². The molecule has 0 spiro atoms. The average Bonchev–Trinajstić information content (AvgIpc) is 2.47. The van der Waals surface area contributed by atoms with Gasteiger partial charge in [-0.3, -0.25) is 0 Å².